The van der Waals surface area contributed by atoms with Crippen LogP contribution in [0.1, 0.15) is 24.1 Å². The van der Waals surface area contributed by atoms with Gasteiger partial charge in [-0.15, -0.1) is 11.8 Å². The number of hydrogen-bond acceptors (Lipinski definition) is 7. The molecule has 0 bridgehead atoms. The fourth-order valence-electron chi connectivity index (χ4n) is 3.24. The van der Waals surface area contributed by atoms with Crippen LogP contribution in [0.15, 0.2) is 29.5 Å². The van der Waals surface area contributed by atoms with Crippen molar-refractivity contribution < 1.29 is 24.6 Å². The lowest BCUT2D eigenvalue weighted by Crippen LogP contribution is -2.71. The van der Waals surface area contributed by atoms with Crippen LogP contribution in [0.3, 0.4) is 0 Å². The van der Waals surface area contributed by atoms with E-state index < -0.39 is 35.2 Å². The molecule has 2 aliphatic rings. The van der Waals surface area contributed by atoms with Gasteiger partial charge in [-0.05, 0) is 36.4 Å². The third-order valence-corrected chi connectivity index (χ3v) is 6.73. The van der Waals surface area contributed by atoms with E-state index in [0.717, 1.165) is 0 Å². The number of nitrogens with one attached hydrogen (secondary N) is 1. The van der Waals surface area contributed by atoms with Crippen LogP contribution in [0, 0.1) is 0 Å². The molecule has 1 aromatic carbocycles. The molecule has 2 heterocycles. The molecule has 8 nitrogen and oxygen atoms in total. The molecule has 0 spiro atoms. The average Bonchev–Trinajstić information content (AvgIpc) is 2.66. The van der Waals surface area contributed by atoms with E-state index in [4.69, 9.17) is 5.73 Å². The number of carbonyl (C=O) groups is 3. The number of benzene rings is 1. The summed E-state index contributed by atoms with van der Waals surface area (Å²) < 4.78 is 0. The van der Waals surface area contributed by atoms with Gasteiger partial charge in [-0.2, -0.15) is 11.8 Å². The average molecular weight is 424 g/mol. The molecule has 0 radical (unpaired) electrons. The molecule has 3 rings (SSSR count). The highest BCUT2D eigenvalue weighted by atomic mass is 32.2. The molecule has 10 heteroatoms. The van der Waals surface area contributed by atoms with Crippen LogP contribution in [0.2, 0.25) is 0 Å². The highest BCUT2D eigenvalue weighted by Gasteiger charge is 2.53. The zero-order valence-corrected chi connectivity index (χ0v) is 17.0. The van der Waals surface area contributed by atoms with Gasteiger partial charge in [-0.25, -0.2) is 4.79 Å². The van der Waals surface area contributed by atoms with Crippen LogP contribution >= 0.6 is 23.5 Å². The number of aromatic hydroxyl groups is 1. The maximum Gasteiger partial charge on any atom is 0.352 e. The minimum Gasteiger partial charge on any atom is -0.508 e. The van der Waals surface area contributed by atoms with E-state index in [0.29, 0.717) is 28.2 Å². The molecular weight excluding hydrogens is 402 g/mol. The first-order chi connectivity index (χ1) is 13.3. The van der Waals surface area contributed by atoms with E-state index in [1.807, 2.05) is 6.26 Å². The summed E-state index contributed by atoms with van der Waals surface area (Å²) in [6, 6.07) is 2.92. The van der Waals surface area contributed by atoms with Crippen molar-refractivity contribution in [2.75, 3.05) is 12.0 Å². The molecule has 1 saturated heterocycles. The quantitative estimate of drug-likeness (QED) is 0.499. The molecule has 150 valence electrons. The third kappa shape index (κ3) is 3.59. The zero-order chi connectivity index (χ0) is 20.6. The number of hydrogen-bond donors (Lipinski definition) is 4. The number of carbonyl (C=O) groups excluding carboxylic acids is 2. The number of thioether (sulfide) groups is 2. The Labute approximate surface area is 170 Å². The van der Waals surface area contributed by atoms with Crippen molar-refractivity contribution in [3.63, 3.8) is 0 Å². The van der Waals surface area contributed by atoms with Gasteiger partial charge < -0.3 is 21.3 Å². The Hall–Kier alpha value is -2.17. The van der Waals surface area contributed by atoms with Crippen LogP contribution in [0.4, 0.5) is 0 Å². The highest BCUT2D eigenvalue weighted by molar-refractivity contribution is 8.00. The van der Waals surface area contributed by atoms with Gasteiger partial charge in [-0.3, -0.25) is 14.5 Å². The molecule has 5 N–H and O–H groups in total. The van der Waals surface area contributed by atoms with Crippen LogP contribution in [0.25, 0.3) is 0 Å². The number of fused-ring (bicyclic) bond motifs is 1. The number of rotatable bonds is 6. The summed E-state index contributed by atoms with van der Waals surface area (Å²) in [6.45, 7) is 1.68. The number of amides is 2. The standard InChI is InChI=1S/C18H21N3O5S2/c1-8-6-28-17-13(16(24)21(17)14(8)18(25)26)20-15(23)12(19)9-3-4-11(22)10(5-9)7-27-2/h3-5,12-13,17,22H,6-7,19H2,1-2H3,(H,20,23)(H,25,26). The number of aliphatic carboxylic acids is 1. The Morgan fingerprint density at radius 1 is 1.46 bits per heavy atom. The fourth-order valence-corrected chi connectivity index (χ4v) is 5.07. The summed E-state index contributed by atoms with van der Waals surface area (Å²) in [5.74, 6) is -0.942. The van der Waals surface area contributed by atoms with E-state index in [1.165, 1.54) is 34.5 Å². The number of β-lactam (4-membered cyclic amide) rings is 1. The van der Waals surface area contributed by atoms with Crippen LogP contribution in [0.5, 0.6) is 5.75 Å². The normalized spacial score (nSPS) is 22.4. The predicted molar refractivity (Wildman–Crippen MR) is 108 cm³/mol. The van der Waals surface area contributed by atoms with Gasteiger partial charge in [0.25, 0.3) is 5.91 Å². The Bertz CT molecular complexity index is 873. The number of carboxylic acids is 1. The van der Waals surface area contributed by atoms with E-state index in [-0.39, 0.29) is 11.4 Å². The molecule has 1 fully saturated rings. The minimum absolute atomic E-state index is 0.0104. The number of nitrogens with zero attached hydrogens (tertiary/aromatic N) is 1. The summed E-state index contributed by atoms with van der Waals surface area (Å²) in [4.78, 5) is 37.7. The summed E-state index contributed by atoms with van der Waals surface area (Å²) in [7, 11) is 0. The number of nitrogens with two attached hydrogens (primary N) is 1. The lowest BCUT2D eigenvalue weighted by atomic mass is 10.0. The topological polar surface area (TPSA) is 133 Å². The van der Waals surface area contributed by atoms with Gasteiger partial charge in [-0.1, -0.05) is 6.07 Å². The first kappa shape index (κ1) is 20.6. The Morgan fingerprint density at radius 3 is 2.82 bits per heavy atom. The number of phenols is 1. The van der Waals surface area contributed by atoms with Crippen molar-refractivity contribution in [2.24, 2.45) is 5.73 Å². The Morgan fingerprint density at radius 2 is 2.18 bits per heavy atom. The summed E-state index contributed by atoms with van der Waals surface area (Å²) in [5.41, 5.74) is 7.87. The van der Waals surface area contributed by atoms with Crippen LogP contribution < -0.4 is 11.1 Å². The van der Waals surface area contributed by atoms with E-state index >= 15 is 0 Å². The molecule has 2 amide bonds. The summed E-state index contributed by atoms with van der Waals surface area (Å²) in [6.07, 6.45) is 1.90. The van der Waals surface area contributed by atoms with Gasteiger partial charge in [0.2, 0.25) is 5.91 Å². The van der Waals surface area contributed by atoms with Crippen molar-refractivity contribution in [1.29, 1.82) is 0 Å². The lowest BCUT2D eigenvalue weighted by Gasteiger charge is -2.49. The fraction of sp³-hybridized carbons (Fsp3) is 0.389. The largest absolute Gasteiger partial charge is 0.508 e. The van der Waals surface area contributed by atoms with Crippen molar-refractivity contribution in [1.82, 2.24) is 10.2 Å². The van der Waals surface area contributed by atoms with Gasteiger partial charge in [0.15, 0.2) is 0 Å². The van der Waals surface area contributed by atoms with Crippen LogP contribution in [-0.2, 0) is 20.1 Å². The minimum atomic E-state index is -1.15. The second-order valence-electron chi connectivity index (χ2n) is 6.63. The smallest absolute Gasteiger partial charge is 0.352 e. The molecule has 0 saturated carbocycles. The predicted octanol–water partition coefficient (Wildman–Crippen LogP) is 1.01. The highest BCUT2D eigenvalue weighted by Crippen LogP contribution is 2.40. The van der Waals surface area contributed by atoms with Gasteiger partial charge >= 0.3 is 5.97 Å². The first-order valence-electron chi connectivity index (χ1n) is 8.50. The SMILES string of the molecule is CSCc1cc(C(N)C(=O)NC2C(=O)N3C(C(=O)O)=C(C)CSC23)ccc1O. The molecule has 2 aliphatic heterocycles. The third-order valence-electron chi connectivity index (χ3n) is 4.70. The molecular formula is C18H21N3O5S2. The van der Waals surface area contributed by atoms with Crippen molar-refractivity contribution in [3.8, 4) is 5.75 Å². The van der Waals surface area contributed by atoms with E-state index in [2.05, 4.69) is 5.32 Å². The molecule has 3 unspecified atom stereocenters. The molecule has 3 atom stereocenters. The first-order valence-corrected chi connectivity index (χ1v) is 10.9. The number of phenolic OH excluding ortho intramolecular Hbond substituents is 1. The monoisotopic (exact) mass is 423 g/mol. The second kappa shape index (κ2) is 8.06. The molecule has 28 heavy (non-hydrogen) atoms. The second-order valence-corrected chi connectivity index (χ2v) is 8.60. The maximum absolute atomic E-state index is 12.6. The van der Waals surface area contributed by atoms with Crippen molar-refractivity contribution >= 4 is 41.3 Å². The van der Waals surface area contributed by atoms with Crippen molar-refractivity contribution in [3.05, 3.63) is 40.6 Å². The number of carboxylic acid groups (broad SMARTS) is 1. The maximum atomic E-state index is 12.6. The zero-order valence-electron chi connectivity index (χ0n) is 15.3. The van der Waals surface area contributed by atoms with Gasteiger partial charge in [0, 0.05) is 17.1 Å². The summed E-state index contributed by atoms with van der Waals surface area (Å²) >= 11 is 2.94. The summed E-state index contributed by atoms with van der Waals surface area (Å²) in [5, 5.41) is 21.4. The van der Waals surface area contributed by atoms with Crippen LogP contribution in [-0.4, -0.2) is 56.3 Å². The molecule has 0 aromatic heterocycles. The molecule has 0 aliphatic carbocycles. The lowest BCUT2D eigenvalue weighted by molar-refractivity contribution is -0.150. The van der Waals surface area contributed by atoms with Crippen molar-refractivity contribution in [2.45, 2.75) is 30.1 Å². The molecule has 1 aromatic rings. The van der Waals surface area contributed by atoms with E-state index in [1.54, 1.807) is 19.1 Å². The Kier molecular flexibility index (Phi) is 5.92. The van der Waals surface area contributed by atoms with E-state index in [9.17, 15) is 24.6 Å². The Balaban J connectivity index is 1.72. The van der Waals surface area contributed by atoms with Gasteiger partial charge in [0.05, 0.1) is 0 Å². The van der Waals surface area contributed by atoms with Gasteiger partial charge in [0.1, 0.15) is 28.9 Å².